The molecule has 0 bridgehead atoms. The van der Waals surface area contributed by atoms with Crippen LogP contribution < -0.4 is 5.32 Å². The Morgan fingerprint density at radius 2 is 2.04 bits per heavy atom. The van der Waals surface area contributed by atoms with Crippen molar-refractivity contribution < 1.29 is 4.79 Å². The monoisotopic (exact) mass is 370 g/mol. The number of hydrogen-bond donors (Lipinski definition) is 1. The molecule has 1 aliphatic heterocycles. The van der Waals surface area contributed by atoms with Crippen LogP contribution in [0.5, 0.6) is 0 Å². The van der Waals surface area contributed by atoms with Gasteiger partial charge in [0.1, 0.15) is 0 Å². The van der Waals surface area contributed by atoms with Gasteiger partial charge in [-0.25, -0.2) is 0 Å². The number of pyridine rings is 1. The van der Waals surface area contributed by atoms with Crippen LogP contribution in [0.25, 0.3) is 10.8 Å². The molecule has 1 fully saturated rings. The van der Waals surface area contributed by atoms with Crippen LogP contribution in [0.4, 0.5) is 5.69 Å². The van der Waals surface area contributed by atoms with E-state index < -0.39 is 0 Å². The van der Waals surface area contributed by atoms with Crippen molar-refractivity contribution in [1.82, 2.24) is 9.88 Å². The van der Waals surface area contributed by atoms with Crippen LogP contribution in [-0.2, 0) is 0 Å². The summed E-state index contributed by atoms with van der Waals surface area (Å²) < 4.78 is 0. The van der Waals surface area contributed by atoms with Crippen molar-refractivity contribution in [2.24, 2.45) is 0 Å². The van der Waals surface area contributed by atoms with E-state index in [1.807, 2.05) is 36.4 Å². The molecule has 0 radical (unpaired) electrons. The molecule has 0 saturated carbocycles. The molecule has 0 atom stereocenters. The minimum absolute atomic E-state index is 0.212. The molecule has 3 aromatic rings. The Balaban J connectivity index is 1.59. The van der Waals surface area contributed by atoms with E-state index in [1.54, 1.807) is 18.5 Å². The first-order valence-corrected chi connectivity index (χ1v) is 9.52. The molecule has 1 N–H and O–H groups in total. The van der Waals surface area contributed by atoms with Crippen LogP contribution in [0.3, 0.4) is 0 Å². The zero-order valence-corrected chi connectivity index (χ0v) is 15.9. The van der Waals surface area contributed by atoms with Gasteiger partial charge in [-0.05, 0) is 68.7 Å². The quantitative estimate of drug-likeness (QED) is 0.751. The van der Waals surface area contributed by atoms with Crippen molar-refractivity contribution in [3.8, 4) is 6.07 Å². The Hall–Kier alpha value is -3.23. The number of rotatable bonds is 3. The first kappa shape index (κ1) is 18.1. The van der Waals surface area contributed by atoms with Crippen molar-refractivity contribution in [3.63, 3.8) is 0 Å². The zero-order chi connectivity index (χ0) is 19.5. The largest absolute Gasteiger partial charge is 0.321 e. The Morgan fingerprint density at radius 1 is 1.21 bits per heavy atom. The fourth-order valence-corrected chi connectivity index (χ4v) is 3.90. The summed E-state index contributed by atoms with van der Waals surface area (Å²) in [5, 5.41) is 14.5. The third-order valence-electron chi connectivity index (χ3n) is 5.52. The molecular formula is C23H22N4O. The standard InChI is InChI=1S/C23H22N4O/c1-27-11-8-16(9-12-27)20-6-5-17(13-19(20)14-24)23(28)26-22-4-2-3-18-15-25-10-7-21(18)22/h2-7,10,13,15-16H,8-9,11-12H2,1H3,(H,26,28). The predicted octanol–water partition coefficient (Wildman–Crippen LogP) is 4.17. The summed E-state index contributed by atoms with van der Waals surface area (Å²) in [6.07, 6.45) is 5.57. The van der Waals surface area contributed by atoms with Crippen LogP contribution in [0.1, 0.15) is 40.2 Å². The van der Waals surface area contributed by atoms with Crippen molar-refractivity contribution in [1.29, 1.82) is 5.26 Å². The molecule has 4 rings (SSSR count). The van der Waals surface area contributed by atoms with Gasteiger partial charge in [0, 0.05) is 34.4 Å². The van der Waals surface area contributed by atoms with E-state index in [2.05, 4.69) is 28.3 Å². The van der Waals surface area contributed by atoms with Gasteiger partial charge in [0.05, 0.1) is 11.6 Å². The molecular weight excluding hydrogens is 348 g/mol. The number of benzene rings is 2. The van der Waals surface area contributed by atoms with E-state index in [9.17, 15) is 10.1 Å². The summed E-state index contributed by atoms with van der Waals surface area (Å²) in [7, 11) is 2.12. The molecule has 2 heterocycles. The molecule has 1 amide bonds. The zero-order valence-electron chi connectivity index (χ0n) is 15.9. The lowest BCUT2D eigenvalue weighted by molar-refractivity contribution is 0.102. The van der Waals surface area contributed by atoms with E-state index in [0.717, 1.165) is 48.0 Å². The van der Waals surface area contributed by atoms with E-state index >= 15 is 0 Å². The molecule has 5 heteroatoms. The Bertz CT molecular complexity index is 1060. The molecule has 140 valence electrons. The number of nitrogens with one attached hydrogen (secondary N) is 1. The molecule has 2 aromatic carbocycles. The average Bonchev–Trinajstić information content (AvgIpc) is 2.74. The van der Waals surface area contributed by atoms with Gasteiger partial charge in [-0.15, -0.1) is 0 Å². The van der Waals surface area contributed by atoms with Gasteiger partial charge in [-0.1, -0.05) is 18.2 Å². The molecule has 0 aliphatic carbocycles. The second-order valence-corrected chi connectivity index (χ2v) is 7.35. The Morgan fingerprint density at radius 3 is 2.82 bits per heavy atom. The first-order valence-electron chi connectivity index (χ1n) is 9.52. The lowest BCUT2D eigenvalue weighted by Crippen LogP contribution is -2.29. The molecule has 5 nitrogen and oxygen atoms in total. The van der Waals surface area contributed by atoms with E-state index in [4.69, 9.17) is 0 Å². The van der Waals surface area contributed by atoms with Gasteiger partial charge in [-0.3, -0.25) is 9.78 Å². The van der Waals surface area contributed by atoms with Gasteiger partial charge in [0.25, 0.3) is 5.91 Å². The van der Waals surface area contributed by atoms with Crippen LogP contribution in [-0.4, -0.2) is 35.9 Å². The van der Waals surface area contributed by atoms with E-state index in [0.29, 0.717) is 17.0 Å². The summed E-state index contributed by atoms with van der Waals surface area (Å²) in [5.41, 5.74) is 2.90. The number of carbonyl (C=O) groups excluding carboxylic acids is 1. The highest BCUT2D eigenvalue weighted by molar-refractivity contribution is 6.09. The van der Waals surface area contributed by atoms with Gasteiger partial charge in [-0.2, -0.15) is 5.26 Å². The summed E-state index contributed by atoms with van der Waals surface area (Å²) >= 11 is 0. The number of likely N-dealkylation sites (tertiary alicyclic amines) is 1. The van der Waals surface area contributed by atoms with Crippen molar-refractivity contribution in [2.45, 2.75) is 18.8 Å². The smallest absolute Gasteiger partial charge is 0.255 e. The maximum atomic E-state index is 12.8. The average molecular weight is 370 g/mol. The molecule has 1 aromatic heterocycles. The maximum Gasteiger partial charge on any atom is 0.255 e. The second-order valence-electron chi connectivity index (χ2n) is 7.35. The van der Waals surface area contributed by atoms with Crippen LogP contribution >= 0.6 is 0 Å². The van der Waals surface area contributed by atoms with Gasteiger partial charge < -0.3 is 10.2 Å². The topological polar surface area (TPSA) is 69.0 Å². The number of carbonyl (C=O) groups is 1. The first-order chi connectivity index (χ1) is 13.7. The van der Waals surface area contributed by atoms with Crippen LogP contribution in [0, 0.1) is 11.3 Å². The van der Waals surface area contributed by atoms with Crippen molar-refractivity contribution in [3.05, 3.63) is 71.5 Å². The molecule has 28 heavy (non-hydrogen) atoms. The van der Waals surface area contributed by atoms with Crippen LogP contribution in [0.15, 0.2) is 54.9 Å². The fraction of sp³-hybridized carbons (Fsp3) is 0.261. The maximum absolute atomic E-state index is 12.8. The Labute approximate surface area is 164 Å². The summed E-state index contributed by atoms with van der Waals surface area (Å²) in [5.74, 6) is 0.171. The highest BCUT2D eigenvalue weighted by atomic mass is 16.1. The number of fused-ring (bicyclic) bond motifs is 1. The normalized spacial score (nSPS) is 15.3. The number of nitrogens with zero attached hydrogens (tertiary/aromatic N) is 3. The summed E-state index contributed by atoms with van der Waals surface area (Å²) in [4.78, 5) is 19.2. The van der Waals surface area contributed by atoms with E-state index in [1.165, 1.54) is 0 Å². The number of amides is 1. The molecule has 1 saturated heterocycles. The van der Waals surface area contributed by atoms with Crippen LogP contribution in [0.2, 0.25) is 0 Å². The third-order valence-corrected chi connectivity index (χ3v) is 5.52. The number of aromatic nitrogens is 1. The summed E-state index contributed by atoms with van der Waals surface area (Å²) in [6, 6.07) is 15.4. The third kappa shape index (κ3) is 3.60. The lowest BCUT2D eigenvalue weighted by Gasteiger charge is -2.29. The lowest BCUT2D eigenvalue weighted by atomic mass is 9.86. The minimum Gasteiger partial charge on any atom is -0.321 e. The number of hydrogen-bond acceptors (Lipinski definition) is 4. The van der Waals surface area contributed by atoms with Crippen molar-refractivity contribution in [2.75, 3.05) is 25.5 Å². The minimum atomic E-state index is -0.212. The SMILES string of the molecule is CN1CCC(c2ccc(C(=O)Nc3cccc4cnccc34)cc2C#N)CC1. The number of piperidine rings is 1. The van der Waals surface area contributed by atoms with Gasteiger partial charge in [0.15, 0.2) is 0 Å². The van der Waals surface area contributed by atoms with Gasteiger partial charge in [0.2, 0.25) is 0 Å². The van der Waals surface area contributed by atoms with Crippen molar-refractivity contribution >= 4 is 22.4 Å². The predicted molar refractivity (Wildman–Crippen MR) is 110 cm³/mol. The molecule has 0 spiro atoms. The Kier molecular flexibility index (Phi) is 5.05. The number of nitriles is 1. The highest BCUT2D eigenvalue weighted by Gasteiger charge is 2.22. The number of anilines is 1. The molecule has 0 unspecified atom stereocenters. The molecule has 1 aliphatic rings. The van der Waals surface area contributed by atoms with Gasteiger partial charge >= 0.3 is 0 Å². The second kappa shape index (κ2) is 7.79. The fourth-order valence-electron chi connectivity index (χ4n) is 3.90. The van der Waals surface area contributed by atoms with E-state index in [-0.39, 0.29) is 5.91 Å². The highest BCUT2D eigenvalue weighted by Crippen LogP contribution is 2.30. The summed E-state index contributed by atoms with van der Waals surface area (Å²) in [6.45, 7) is 2.07.